The maximum atomic E-state index is 6.19. The maximum absolute atomic E-state index is 6.19. The van der Waals surface area contributed by atoms with Gasteiger partial charge in [0, 0.05) is 55.9 Å². The summed E-state index contributed by atoms with van der Waals surface area (Å²) in [6.07, 6.45) is 0. The third-order valence-corrected chi connectivity index (χ3v) is 4.06. The standard InChI is InChI=1S/C14H21Cl2N3/c1-18(8-9-19-6-4-17-5-7-19)11-12-10-13(15)2-3-14(12)16/h2-3,10,17H,4-9,11H2,1H3. The number of likely N-dealkylation sites (N-methyl/N-ethyl adjacent to an activating group) is 1. The monoisotopic (exact) mass is 301 g/mol. The number of halogens is 2. The third kappa shape index (κ3) is 4.93. The molecular weight excluding hydrogens is 281 g/mol. The average Bonchev–Trinajstić information content (AvgIpc) is 2.42. The molecule has 1 aromatic rings. The fourth-order valence-electron chi connectivity index (χ4n) is 2.28. The van der Waals surface area contributed by atoms with E-state index in [9.17, 15) is 0 Å². The largest absolute Gasteiger partial charge is 0.314 e. The fraction of sp³-hybridized carbons (Fsp3) is 0.571. The first-order valence-electron chi connectivity index (χ1n) is 6.71. The van der Waals surface area contributed by atoms with Crippen LogP contribution in [0.5, 0.6) is 0 Å². The zero-order valence-electron chi connectivity index (χ0n) is 11.3. The molecule has 1 aliphatic rings. The van der Waals surface area contributed by atoms with Crippen molar-refractivity contribution in [2.45, 2.75) is 6.54 Å². The summed E-state index contributed by atoms with van der Waals surface area (Å²) in [6, 6.07) is 5.64. The minimum atomic E-state index is 0.745. The van der Waals surface area contributed by atoms with E-state index in [1.807, 2.05) is 18.2 Å². The molecule has 1 saturated heterocycles. The molecule has 0 aromatic heterocycles. The van der Waals surface area contributed by atoms with Crippen LogP contribution < -0.4 is 5.32 Å². The van der Waals surface area contributed by atoms with Crippen molar-refractivity contribution in [1.29, 1.82) is 0 Å². The zero-order valence-corrected chi connectivity index (χ0v) is 12.8. The highest BCUT2D eigenvalue weighted by molar-refractivity contribution is 6.33. The van der Waals surface area contributed by atoms with Gasteiger partial charge in [0.25, 0.3) is 0 Å². The van der Waals surface area contributed by atoms with Gasteiger partial charge in [-0.25, -0.2) is 0 Å². The predicted molar refractivity (Wildman–Crippen MR) is 82.1 cm³/mol. The average molecular weight is 302 g/mol. The van der Waals surface area contributed by atoms with E-state index in [1.165, 1.54) is 0 Å². The van der Waals surface area contributed by atoms with Crippen LogP contribution in [0.15, 0.2) is 18.2 Å². The maximum Gasteiger partial charge on any atom is 0.0452 e. The third-order valence-electron chi connectivity index (χ3n) is 3.46. The van der Waals surface area contributed by atoms with Gasteiger partial charge in [-0.05, 0) is 30.8 Å². The molecule has 0 bridgehead atoms. The molecule has 1 aliphatic heterocycles. The Morgan fingerprint density at radius 1 is 1.26 bits per heavy atom. The number of benzene rings is 1. The van der Waals surface area contributed by atoms with Crippen molar-refractivity contribution in [2.24, 2.45) is 0 Å². The quantitative estimate of drug-likeness (QED) is 0.900. The fourth-order valence-corrected chi connectivity index (χ4v) is 2.65. The van der Waals surface area contributed by atoms with Gasteiger partial charge in [0.2, 0.25) is 0 Å². The predicted octanol–water partition coefficient (Wildman–Crippen LogP) is 2.33. The molecule has 19 heavy (non-hydrogen) atoms. The summed E-state index contributed by atoms with van der Waals surface area (Å²) >= 11 is 12.2. The molecule has 0 radical (unpaired) electrons. The van der Waals surface area contributed by atoms with Gasteiger partial charge in [0.05, 0.1) is 0 Å². The Bertz CT molecular complexity index is 406. The highest BCUT2D eigenvalue weighted by atomic mass is 35.5. The van der Waals surface area contributed by atoms with Crippen LogP contribution in [-0.2, 0) is 6.54 Å². The van der Waals surface area contributed by atoms with Crippen LogP contribution in [0.1, 0.15) is 5.56 Å². The number of nitrogens with one attached hydrogen (secondary N) is 1. The molecule has 1 aromatic carbocycles. The van der Waals surface area contributed by atoms with E-state index in [0.29, 0.717) is 0 Å². The van der Waals surface area contributed by atoms with Crippen LogP contribution in [0.2, 0.25) is 10.0 Å². The number of rotatable bonds is 5. The minimum Gasteiger partial charge on any atom is -0.314 e. The summed E-state index contributed by atoms with van der Waals surface area (Å²) in [5.41, 5.74) is 1.09. The Morgan fingerprint density at radius 3 is 2.74 bits per heavy atom. The van der Waals surface area contributed by atoms with E-state index in [2.05, 4.69) is 22.2 Å². The second kappa shape index (κ2) is 7.46. The van der Waals surface area contributed by atoms with Gasteiger partial charge in [0.1, 0.15) is 0 Å². The Morgan fingerprint density at radius 2 is 2.00 bits per heavy atom. The number of piperazine rings is 1. The Balaban J connectivity index is 1.80. The van der Waals surface area contributed by atoms with Crippen molar-refractivity contribution >= 4 is 23.2 Å². The van der Waals surface area contributed by atoms with Crippen LogP contribution in [0.4, 0.5) is 0 Å². The van der Waals surface area contributed by atoms with Gasteiger partial charge in [-0.15, -0.1) is 0 Å². The normalized spacial score (nSPS) is 17.1. The van der Waals surface area contributed by atoms with E-state index in [4.69, 9.17) is 23.2 Å². The van der Waals surface area contributed by atoms with Crippen LogP contribution in [0, 0.1) is 0 Å². The Hall–Kier alpha value is -0.320. The zero-order chi connectivity index (χ0) is 13.7. The highest BCUT2D eigenvalue weighted by Crippen LogP contribution is 2.21. The molecule has 0 unspecified atom stereocenters. The van der Waals surface area contributed by atoms with E-state index in [0.717, 1.165) is 61.4 Å². The Labute approximate surface area is 125 Å². The van der Waals surface area contributed by atoms with Gasteiger partial charge in [-0.1, -0.05) is 23.2 Å². The van der Waals surface area contributed by atoms with Gasteiger partial charge in [-0.2, -0.15) is 0 Å². The van der Waals surface area contributed by atoms with Crippen molar-refractivity contribution in [1.82, 2.24) is 15.1 Å². The summed E-state index contributed by atoms with van der Waals surface area (Å²) in [5, 5.41) is 4.90. The molecule has 1 fully saturated rings. The summed E-state index contributed by atoms with van der Waals surface area (Å²) in [7, 11) is 2.12. The van der Waals surface area contributed by atoms with Crippen molar-refractivity contribution in [3.05, 3.63) is 33.8 Å². The van der Waals surface area contributed by atoms with Gasteiger partial charge < -0.3 is 10.2 Å². The molecule has 0 saturated carbocycles. The van der Waals surface area contributed by atoms with Crippen molar-refractivity contribution in [3.63, 3.8) is 0 Å². The second-order valence-corrected chi connectivity index (χ2v) is 5.91. The molecule has 3 nitrogen and oxygen atoms in total. The molecule has 0 atom stereocenters. The lowest BCUT2D eigenvalue weighted by atomic mass is 10.2. The summed E-state index contributed by atoms with van der Waals surface area (Å²) in [6.45, 7) is 7.48. The number of nitrogens with zero attached hydrogens (tertiary/aromatic N) is 2. The molecule has 0 amide bonds. The van der Waals surface area contributed by atoms with Crippen molar-refractivity contribution in [3.8, 4) is 0 Å². The molecule has 106 valence electrons. The second-order valence-electron chi connectivity index (χ2n) is 5.07. The molecule has 0 aliphatic carbocycles. The van der Waals surface area contributed by atoms with Crippen LogP contribution >= 0.6 is 23.2 Å². The van der Waals surface area contributed by atoms with Crippen LogP contribution in [0.25, 0.3) is 0 Å². The Kier molecular flexibility index (Phi) is 5.92. The van der Waals surface area contributed by atoms with Crippen molar-refractivity contribution in [2.75, 3.05) is 46.3 Å². The van der Waals surface area contributed by atoms with Gasteiger partial charge in [-0.3, -0.25) is 4.90 Å². The molecule has 0 spiro atoms. The van der Waals surface area contributed by atoms with Crippen LogP contribution in [-0.4, -0.2) is 56.1 Å². The molecule has 1 heterocycles. The number of hydrogen-bond donors (Lipinski definition) is 1. The molecule has 5 heteroatoms. The summed E-state index contributed by atoms with van der Waals surface area (Å²) in [4.78, 5) is 4.78. The van der Waals surface area contributed by atoms with Gasteiger partial charge >= 0.3 is 0 Å². The summed E-state index contributed by atoms with van der Waals surface area (Å²) in [5.74, 6) is 0. The first kappa shape index (κ1) is 15.1. The van der Waals surface area contributed by atoms with Crippen molar-refractivity contribution < 1.29 is 0 Å². The molecule has 1 N–H and O–H groups in total. The van der Waals surface area contributed by atoms with E-state index >= 15 is 0 Å². The minimum absolute atomic E-state index is 0.745. The lowest BCUT2D eigenvalue weighted by Crippen LogP contribution is -2.45. The number of hydrogen-bond acceptors (Lipinski definition) is 3. The first-order valence-corrected chi connectivity index (χ1v) is 7.46. The van der Waals surface area contributed by atoms with E-state index < -0.39 is 0 Å². The van der Waals surface area contributed by atoms with Crippen LogP contribution in [0.3, 0.4) is 0 Å². The topological polar surface area (TPSA) is 18.5 Å². The first-order chi connectivity index (χ1) is 9.15. The SMILES string of the molecule is CN(CCN1CCNCC1)Cc1cc(Cl)ccc1Cl. The highest BCUT2D eigenvalue weighted by Gasteiger charge is 2.11. The van der Waals surface area contributed by atoms with Gasteiger partial charge in [0.15, 0.2) is 0 Å². The molecular formula is C14H21Cl2N3. The lowest BCUT2D eigenvalue weighted by molar-refractivity contribution is 0.202. The summed E-state index contributed by atoms with van der Waals surface area (Å²) < 4.78 is 0. The van der Waals surface area contributed by atoms with E-state index in [1.54, 1.807) is 0 Å². The lowest BCUT2D eigenvalue weighted by Gasteiger charge is -2.29. The van der Waals surface area contributed by atoms with E-state index in [-0.39, 0.29) is 0 Å². The smallest absolute Gasteiger partial charge is 0.0452 e. The molecule has 2 rings (SSSR count).